The van der Waals surface area contributed by atoms with Crippen molar-refractivity contribution >= 4 is 67.8 Å². The molecule has 16 atom stereocenters. The molecule has 0 bridgehead atoms. The fraction of sp³-hybridized carbons (Fsp3) is 0.708. The van der Waals surface area contributed by atoms with Crippen molar-refractivity contribution in [3.8, 4) is 0 Å². The lowest BCUT2D eigenvalue weighted by molar-refractivity contribution is -0.414. The molecule has 4 aliphatic heterocycles. The highest BCUT2D eigenvalue weighted by Crippen LogP contribution is 2.48. The van der Waals surface area contributed by atoms with Crippen molar-refractivity contribution in [1.82, 2.24) is 0 Å². The number of aliphatic hydroxyl groups excluding tert-OH is 1. The summed E-state index contributed by atoms with van der Waals surface area (Å²) in [5.41, 5.74) is -1.50. The number of fused-ring (bicyclic) bond motifs is 1. The van der Waals surface area contributed by atoms with E-state index in [1.807, 2.05) is 40.8 Å². The zero-order chi connectivity index (χ0) is 55.2. The predicted molar refractivity (Wildman–Crippen MR) is 253 cm³/mol. The summed E-state index contributed by atoms with van der Waals surface area (Å²) in [7, 11) is -2.91. The van der Waals surface area contributed by atoms with Crippen molar-refractivity contribution in [3.05, 3.63) is 35.9 Å². The van der Waals surface area contributed by atoms with Crippen LogP contribution in [0.15, 0.2) is 30.3 Å². The lowest BCUT2D eigenvalue weighted by Gasteiger charge is -2.50. The molecule has 1 aromatic carbocycles. The molecule has 414 valence electrons. The number of hydrogen-bond donors (Lipinski definition) is 1. The summed E-state index contributed by atoms with van der Waals surface area (Å²) in [6.45, 7) is 19.8. The second-order valence-electron chi connectivity index (χ2n) is 19.4. The van der Waals surface area contributed by atoms with E-state index in [0.29, 0.717) is 11.8 Å². The molecule has 1 aromatic rings. The Morgan fingerprint density at radius 3 is 1.69 bits per heavy atom. The van der Waals surface area contributed by atoms with Gasteiger partial charge in [0.05, 0.1) is 10.8 Å². The summed E-state index contributed by atoms with van der Waals surface area (Å²) in [4.78, 5) is 102. The average Bonchev–Trinajstić information content (AvgIpc) is 3.62. The van der Waals surface area contributed by atoms with E-state index in [-0.39, 0.29) is 11.5 Å². The van der Waals surface area contributed by atoms with E-state index < -0.39 is 171 Å². The number of thioether (sulfide) groups is 1. The van der Waals surface area contributed by atoms with E-state index in [0.717, 1.165) is 48.5 Å². The minimum atomic E-state index is -2.91. The van der Waals surface area contributed by atoms with Crippen molar-refractivity contribution in [3.63, 3.8) is 0 Å². The number of rotatable bonds is 19. The van der Waals surface area contributed by atoms with Crippen molar-refractivity contribution in [2.45, 2.75) is 198 Å². The number of esters is 8. The second-order valence-corrected chi connectivity index (χ2v) is 25.3. The Hall–Kier alpha value is -4.77. The van der Waals surface area contributed by atoms with E-state index in [4.69, 9.17) is 70.7 Å². The zero-order valence-corrected chi connectivity index (χ0v) is 45.6. The van der Waals surface area contributed by atoms with Gasteiger partial charge in [0, 0.05) is 55.4 Å². The molecule has 4 aliphatic rings. The van der Waals surface area contributed by atoms with Gasteiger partial charge in [-0.2, -0.15) is 0 Å². The van der Waals surface area contributed by atoms with Gasteiger partial charge in [0.1, 0.15) is 37.0 Å². The molecule has 1 N–H and O–H groups in total. The number of ether oxygens (including phenoxy) is 14. The Labute approximate surface area is 433 Å². The van der Waals surface area contributed by atoms with Gasteiger partial charge >= 0.3 is 47.8 Å². The molecule has 74 heavy (non-hydrogen) atoms. The van der Waals surface area contributed by atoms with E-state index in [9.17, 15) is 43.5 Å². The molecule has 0 aromatic heterocycles. The molecular formula is C48H68O24SSi. The van der Waals surface area contributed by atoms with E-state index in [1.165, 1.54) is 19.1 Å². The van der Waals surface area contributed by atoms with Crippen molar-refractivity contribution in [2.75, 3.05) is 13.2 Å². The number of aliphatic hydroxyl groups is 1. The standard InChI is InChI=1S/C48H68O24SSi/c1-22(2)47(10,11)74(13,14)72-45-35(67-42(57)30-18-16-15-17-19-30)33(56)41(32(66-45)21-59-24(4)50)73-46-40(64-29(9)55)37(62-27(7)53)38(63-28(8)54)43(68-46)70-48(12)69-39-36(61-26(6)52)34(60-25(5)51)31(20-58-23(3)49)65-44(39)71-48/h15-19,22,31-41,43-46,56H,20-21H2,1-14H3/t31-,32-,33-,34+,35-,36+,37-,38+,39-,40+,41-,43+,44-,45+,46+,48-/m1/s1. The Balaban J connectivity index is 1.60. The van der Waals surface area contributed by atoms with Crippen LogP contribution in [0.1, 0.15) is 93.4 Å². The molecule has 0 unspecified atom stereocenters. The summed E-state index contributed by atoms with van der Waals surface area (Å²) in [6.07, 6.45) is -20.5. The van der Waals surface area contributed by atoms with E-state index in [2.05, 4.69) is 0 Å². The summed E-state index contributed by atoms with van der Waals surface area (Å²) in [5.74, 6) is -9.06. The predicted octanol–water partition coefficient (Wildman–Crippen LogP) is 3.36. The molecule has 0 amide bonds. The fourth-order valence-electron chi connectivity index (χ4n) is 8.46. The summed E-state index contributed by atoms with van der Waals surface area (Å²) < 4.78 is 89.7. The first-order chi connectivity index (χ1) is 34.4. The quantitative estimate of drug-likeness (QED) is 0.118. The van der Waals surface area contributed by atoms with Crippen molar-refractivity contribution in [2.24, 2.45) is 5.92 Å². The molecule has 5 rings (SSSR count). The third-order valence-electron chi connectivity index (χ3n) is 13.0. The number of hydrogen-bond acceptors (Lipinski definition) is 25. The summed E-state index contributed by atoms with van der Waals surface area (Å²) >= 11 is 0.703. The van der Waals surface area contributed by atoms with E-state index >= 15 is 0 Å². The van der Waals surface area contributed by atoms with Crippen LogP contribution in [-0.2, 0) is 104 Å². The summed E-state index contributed by atoms with van der Waals surface area (Å²) in [6, 6.07) is 7.95. The number of carbonyl (C=O) groups is 8. The second kappa shape index (κ2) is 24.9. The molecule has 0 aliphatic carbocycles. The molecule has 4 heterocycles. The number of benzene rings is 1. The third kappa shape index (κ3) is 15.0. The molecule has 4 fully saturated rings. The average molecular weight is 1090 g/mol. The monoisotopic (exact) mass is 1090 g/mol. The van der Waals surface area contributed by atoms with Gasteiger partial charge < -0.3 is 66.4 Å². The van der Waals surface area contributed by atoms with Gasteiger partial charge in [0.25, 0.3) is 5.97 Å². The Bertz CT molecular complexity index is 2190. The van der Waals surface area contributed by atoms with Crippen molar-refractivity contribution in [1.29, 1.82) is 0 Å². The largest absolute Gasteiger partial charge is 0.463 e. The smallest absolute Gasteiger partial charge is 0.338 e. The first-order valence-corrected chi connectivity index (χ1v) is 27.7. The van der Waals surface area contributed by atoms with Gasteiger partial charge in [-0.25, -0.2) is 4.79 Å². The van der Waals surface area contributed by atoms with Crippen LogP contribution >= 0.6 is 11.8 Å². The first-order valence-electron chi connectivity index (χ1n) is 23.8. The Morgan fingerprint density at radius 2 is 1.15 bits per heavy atom. The van der Waals surface area contributed by atoms with Gasteiger partial charge in [-0.1, -0.05) is 45.9 Å². The lowest BCUT2D eigenvalue weighted by Crippen LogP contribution is -2.65. The molecule has 4 saturated heterocycles. The normalized spacial score (nSPS) is 33.0. The highest BCUT2D eigenvalue weighted by atomic mass is 32.2. The van der Waals surface area contributed by atoms with Crippen LogP contribution in [0, 0.1) is 5.92 Å². The SMILES string of the molecule is CC(=O)OC[C@H]1O[C@@H]2O[C@@](C)(O[C@@H]3O[C@@H](S[C@H]4[C@H](O)[C@@H](OC(=O)c5ccccc5)[C@H](O[Si](C)(C)C(C)(C)C(C)C)O[C@@H]4COC(C)=O)[C@@H](OC(C)=O)[C@H](OC(C)=O)[C@@H]3OC(C)=O)O[C@@H]2[C@@H](OC(C)=O)[C@H]1OC(C)=O. The molecule has 24 nitrogen and oxygen atoms in total. The minimum absolute atomic E-state index is 0.0945. The molecular weight excluding hydrogens is 1020 g/mol. The highest BCUT2D eigenvalue weighted by Gasteiger charge is 2.63. The molecule has 0 spiro atoms. The summed E-state index contributed by atoms with van der Waals surface area (Å²) in [5, 5.41) is 10.9. The Kier molecular flexibility index (Phi) is 20.2. The highest BCUT2D eigenvalue weighted by molar-refractivity contribution is 8.00. The molecule has 26 heteroatoms. The van der Waals surface area contributed by atoms with Gasteiger partial charge in [0.2, 0.25) is 6.29 Å². The zero-order valence-electron chi connectivity index (χ0n) is 43.8. The first kappa shape index (κ1) is 60.1. The van der Waals surface area contributed by atoms with Crippen LogP contribution in [0.2, 0.25) is 18.1 Å². The van der Waals surface area contributed by atoms with Gasteiger partial charge in [-0.15, -0.1) is 11.8 Å². The van der Waals surface area contributed by atoms with Crippen LogP contribution in [0.5, 0.6) is 0 Å². The van der Waals surface area contributed by atoms with Gasteiger partial charge in [0.15, 0.2) is 63.6 Å². The molecule has 0 radical (unpaired) electrons. The van der Waals surface area contributed by atoms with Crippen molar-refractivity contribution < 1.29 is 114 Å². The maximum absolute atomic E-state index is 13.9. The van der Waals surface area contributed by atoms with Gasteiger partial charge in [-0.3, -0.25) is 43.0 Å². The molecule has 0 saturated carbocycles. The third-order valence-corrected chi connectivity index (χ3v) is 19.1. The lowest BCUT2D eigenvalue weighted by atomic mass is 9.98. The van der Waals surface area contributed by atoms with Crippen LogP contribution in [0.4, 0.5) is 0 Å². The maximum Gasteiger partial charge on any atom is 0.338 e. The minimum Gasteiger partial charge on any atom is -0.463 e. The van der Waals surface area contributed by atoms with Crippen LogP contribution in [0.3, 0.4) is 0 Å². The van der Waals surface area contributed by atoms with Crippen LogP contribution < -0.4 is 0 Å². The topological polar surface area (TPSA) is 295 Å². The van der Waals surface area contributed by atoms with Gasteiger partial charge in [-0.05, 0) is 36.2 Å². The van der Waals surface area contributed by atoms with Crippen LogP contribution in [-0.4, -0.2) is 171 Å². The maximum atomic E-state index is 13.9. The van der Waals surface area contributed by atoms with E-state index in [1.54, 1.807) is 18.2 Å². The number of carbonyl (C=O) groups excluding carboxylic acids is 8. The fourth-order valence-corrected chi connectivity index (χ4v) is 12.4. The Morgan fingerprint density at radius 1 is 0.635 bits per heavy atom. The van der Waals surface area contributed by atoms with Crippen LogP contribution in [0.25, 0.3) is 0 Å².